The van der Waals surface area contributed by atoms with E-state index >= 15 is 0 Å². The summed E-state index contributed by atoms with van der Waals surface area (Å²) in [5.74, 6) is 0.903. The fraction of sp³-hybridized carbons (Fsp3) is 0.556. The Morgan fingerprint density at radius 1 is 1.24 bits per heavy atom. The van der Waals surface area contributed by atoms with Gasteiger partial charge in [0.15, 0.2) is 0 Å². The fourth-order valence-electron chi connectivity index (χ4n) is 3.09. The number of para-hydroxylation sites is 2. The maximum Gasteiger partial charge on any atom is 0.227 e. The van der Waals surface area contributed by atoms with Crippen LogP contribution in [0, 0.1) is 5.41 Å². The van der Waals surface area contributed by atoms with Crippen LogP contribution in [-0.2, 0) is 11.3 Å². The molecule has 142 valence electrons. The van der Waals surface area contributed by atoms with Gasteiger partial charge in [-0.3, -0.25) is 4.79 Å². The highest BCUT2D eigenvalue weighted by Gasteiger charge is 2.33. The van der Waals surface area contributed by atoms with Crippen LogP contribution in [-0.4, -0.2) is 22.0 Å². The van der Waals surface area contributed by atoms with Crippen LogP contribution < -0.4 is 11.1 Å². The molecule has 0 aliphatic carbocycles. The average molecular weight is 389 g/mol. The summed E-state index contributed by atoms with van der Waals surface area (Å²) in [4.78, 5) is 17.3. The summed E-state index contributed by atoms with van der Waals surface area (Å²) in [6.07, 6.45) is 1.48. The zero-order valence-electron chi connectivity index (χ0n) is 15.4. The highest BCUT2D eigenvalue weighted by Crippen LogP contribution is 2.26. The van der Waals surface area contributed by atoms with Gasteiger partial charge in [0.1, 0.15) is 5.82 Å². The number of nitrogens with zero attached hydrogens (tertiary/aromatic N) is 2. The van der Waals surface area contributed by atoms with Crippen molar-refractivity contribution in [2.75, 3.05) is 6.54 Å². The maximum absolute atomic E-state index is 12.6. The van der Waals surface area contributed by atoms with Crippen LogP contribution in [0.25, 0.3) is 11.0 Å². The molecule has 3 N–H and O–H groups in total. The predicted molar refractivity (Wildman–Crippen MR) is 109 cm³/mol. The van der Waals surface area contributed by atoms with Crippen molar-refractivity contribution in [2.24, 2.45) is 11.1 Å². The van der Waals surface area contributed by atoms with E-state index in [9.17, 15) is 4.79 Å². The first-order valence-corrected chi connectivity index (χ1v) is 8.43. The lowest BCUT2D eigenvalue weighted by atomic mass is 9.81. The van der Waals surface area contributed by atoms with E-state index in [1.54, 1.807) is 0 Å². The minimum absolute atomic E-state index is 0. The Balaban J connectivity index is 0.00000288. The molecule has 0 aliphatic rings. The Labute approximate surface area is 162 Å². The van der Waals surface area contributed by atoms with E-state index in [1.165, 1.54) is 0 Å². The summed E-state index contributed by atoms with van der Waals surface area (Å²) in [5.41, 5.74) is 7.44. The van der Waals surface area contributed by atoms with Gasteiger partial charge < -0.3 is 15.6 Å². The molecule has 5 nitrogen and oxygen atoms in total. The van der Waals surface area contributed by atoms with E-state index in [4.69, 9.17) is 5.73 Å². The topological polar surface area (TPSA) is 72.9 Å². The highest BCUT2D eigenvalue weighted by atomic mass is 35.5. The lowest BCUT2D eigenvalue weighted by molar-refractivity contribution is -0.131. The second-order valence-corrected chi connectivity index (χ2v) is 6.35. The molecule has 0 radical (unpaired) electrons. The van der Waals surface area contributed by atoms with Crippen LogP contribution in [0.4, 0.5) is 0 Å². The van der Waals surface area contributed by atoms with Gasteiger partial charge in [-0.05, 0) is 38.8 Å². The van der Waals surface area contributed by atoms with Crippen LogP contribution in [0.2, 0.25) is 0 Å². The normalized spacial score (nSPS) is 11.1. The molecule has 0 spiro atoms. The van der Waals surface area contributed by atoms with Gasteiger partial charge in [-0.2, -0.15) is 0 Å². The Bertz CT molecular complexity index is 673. The van der Waals surface area contributed by atoms with E-state index in [-0.39, 0.29) is 36.8 Å². The molecule has 0 bridgehead atoms. The molecule has 0 saturated heterocycles. The molecule has 2 rings (SSSR count). The summed E-state index contributed by atoms with van der Waals surface area (Å²) in [6, 6.07) is 8.35. The number of rotatable bonds is 7. The number of hydrogen-bond donors (Lipinski definition) is 2. The standard InChI is InChI=1S/C18H28N4O.2ClH/c1-5-18(6-2,12-19)17(23)20-11-16-21-14-9-7-8-10-15(14)22(16)13(3)4;;/h7-10,13H,5-6,11-12,19H2,1-4H3,(H,20,23);2*1H. The number of nitrogens with two attached hydrogens (primary N) is 1. The van der Waals surface area contributed by atoms with Crippen LogP contribution in [0.1, 0.15) is 52.4 Å². The lowest BCUT2D eigenvalue weighted by Crippen LogP contribution is -2.45. The number of imidazole rings is 1. The molecule has 1 amide bonds. The second kappa shape index (κ2) is 10.00. The number of aromatic nitrogens is 2. The van der Waals surface area contributed by atoms with Crippen molar-refractivity contribution in [3.05, 3.63) is 30.1 Å². The zero-order valence-corrected chi connectivity index (χ0v) is 17.0. The summed E-state index contributed by atoms with van der Waals surface area (Å²) in [5, 5.41) is 3.05. The quantitative estimate of drug-likeness (QED) is 0.756. The van der Waals surface area contributed by atoms with Gasteiger partial charge in [0.05, 0.1) is 23.0 Å². The van der Waals surface area contributed by atoms with Crippen LogP contribution >= 0.6 is 24.8 Å². The fourth-order valence-corrected chi connectivity index (χ4v) is 3.09. The van der Waals surface area contributed by atoms with Gasteiger partial charge in [0.2, 0.25) is 5.91 Å². The molecule has 1 heterocycles. The van der Waals surface area contributed by atoms with Crippen molar-refractivity contribution in [1.82, 2.24) is 14.9 Å². The zero-order chi connectivity index (χ0) is 17.0. The first kappa shape index (κ1) is 23.7. The summed E-state index contributed by atoms with van der Waals surface area (Å²) < 4.78 is 2.18. The molecular formula is C18H30Cl2N4O. The predicted octanol–water partition coefficient (Wildman–Crippen LogP) is 3.84. The van der Waals surface area contributed by atoms with Crippen molar-refractivity contribution in [1.29, 1.82) is 0 Å². The summed E-state index contributed by atoms with van der Waals surface area (Å²) in [6.45, 7) is 9.07. The number of carbonyl (C=O) groups excluding carboxylic acids is 1. The molecule has 1 aromatic heterocycles. The Morgan fingerprint density at radius 3 is 2.36 bits per heavy atom. The minimum Gasteiger partial charge on any atom is -0.348 e. The largest absolute Gasteiger partial charge is 0.348 e. The number of nitrogens with one attached hydrogen (secondary N) is 1. The van der Waals surface area contributed by atoms with E-state index in [0.29, 0.717) is 13.1 Å². The van der Waals surface area contributed by atoms with Gasteiger partial charge in [0, 0.05) is 12.6 Å². The van der Waals surface area contributed by atoms with Gasteiger partial charge >= 0.3 is 0 Å². The molecule has 0 saturated carbocycles. The third-order valence-electron chi connectivity index (χ3n) is 4.82. The van der Waals surface area contributed by atoms with Gasteiger partial charge in [-0.25, -0.2) is 4.98 Å². The highest BCUT2D eigenvalue weighted by molar-refractivity contribution is 5.85. The molecule has 0 atom stereocenters. The molecule has 0 fully saturated rings. The molecule has 0 aliphatic heterocycles. The van der Waals surface area contributed by atoms with Crippen LogP contribution in [0.15, 0.2) is 24.3 Å². The Hall–Kier alpha value is -1.30. The summed E-state index contributed by atoms with van der Waals surface area (Å²) >= 11 is 0. The van der Waals surface area contributed by atoms with Gasteiger partial charge in [-0.15, -0.1) is 24.8 Å². The number of fused-ring (bicyclic) bond motifs is 1. The van der Waals surface area contributed by atoms with E-state index in [0.717, 1.165) is 29.7 Å². The van der Waals surface area contributed by atoms with Crippen LogP contribution in [0.5, 0.6) is 0 Å². The molecule has 2 aromatic rings. The first-order valence-electron chi connectivity index (χ1n) is 8.43. The molecule has 7 heteroatoms. The number of halogens is 2. The Kier molecular flexibility index (Phi) is 9.48. The van der Waals surface area contributed by atoms with Crippen molar-refractivity contribution >= 4 is 41.8 Å². The van der Waals surface area contributed by atoms with Crippen molar-refractivity contribution in [3.8, 4) is 0 Å². The van der Waals surface area contributed by atoms with E-state index in [2.05, 4.69) is 34.8 Å². The third-order valence-corrected chi connectivity index (χ3v) is 4.82. The van der Waals surface area contributed by atoms with E-state index < -0.39 is 5.41 Å². The lowest BCUT2D eigenvalue weighted by Gasteiger charge is -2.28. The van der Waals surface area contributed by atoms with Crippen molar-refractivity contribution < 1.29 is 4.79 Å². The van der Waals surface area contributed by atoms with E-state index in [1.807, 2.05) is 32.0 Å². The number of hydrogen-bond acceptors (Lipinski definition) is 3. The minimum atomic E-state index is -0.478. The summed E-state index contributed by atoms with van der Waals surface area (Å²) in [7, 11) is 0. The number of amides is 1. The van der Waals surface area contributed by atoms with Gasteiger partial charge in [0.25, 0.3) is 0 Å². The third kappa shape index (κ3) is 4.66. The number of benzene rings is 1. The second-order valence-electron chi connectivity index (χ2n) is 6.35. The Morgan fingerprint density at radius 2 is 1.84 bits per heavy atom. The molecule has 25 heavy (non-hydrogen) atoms. The molecular weight excluding hydrogens is 359 g/mol. The number of carbonyl (C=O) groups is 1. The van der Waals surface area contributed by atoms with Crippen molar-refractivity contribution in [3.63, 3.8) is 0 Å². The maximum atomic E-state index is 12.6. The van der Waals surface area contributed by atoms with Gasteiger partial charge in [-0.1, -0.05) is 26.0 Å². The average Bonchev–Trinajstić information content (AvgIpc) is 2.93. The molecule has 0 unspecified atom stereocenters. The molecule has 1 aromatic carbocycles. The first-order chi connectivity index (χ1) is 11.0. The smallest absolute Gasteiger partial charge is 0.227 e. The van der Waals surface area contributed by atoms with Crippen molar-refractivity contribution in [2.45, 2.75) is 53.1 Å². The van der Waals surface area contributed by atoms with Crippen LogP contribution in [0.3, 0.4) is 0 Å². The monoisotopic (exact) mass is 388 g/mol. The SMILES string of the molecule is CCC(CC)(CN)C(=O)NCc1nc2ccccc2n1C(C)C.Cl.Cl.